The van der Waals surface area contributed by atoms with Gasteiger partial charge in [0.2, 0.25) is 5.28 Å². The van der Waals surface area contributed by atoms with Crippen LogP contribution in [0, 0.1) is 0 Å². The van der Waals surface area contributed by atoms with Crippen LogP contribution in [0.5, 0.6) is 5.75 Å². The maximum Gasteiger partial charge on any atom is 0.403 e. The van der Waals surface area contributed by atoms with E-state index in [9.17, 15) is 14.8 Å². The SMILES string of the molecule is CP(=O)(OOC[C@H]1O[C@@H](n2ccc3c(NC4CCCC4)nc(Cl)nc32)[C@H](O)[C@@H]1O)Oc1cccnc1. The lowest BCUT2D eigenvalue weighted by Crippen LogP contribution is -2.33. The Kier molecular flexibility index (Phi) is 7.45. The normalized spacial score (nSPS) is 26.3. The van der Waals surface area contributed by atoms with E-state index in [4.69, 9.17) is 30.4 Å². The summed E-state index contributed by atoms with van der Waals surface area (Å²) >= 11 is 6.20. The molecule has 14 heteroatoms. The molecule has 1 aliphatic heterocycles. The molecule has 5 rings (SSSR count). The molecule has 0 bridgehead atoms. The zero-order valence-electron chi connectivity index (χ0n) is 19.4. The van der Waals surface area contributed by atoms with Gasteiger partial charge in [0.15, 0.2) is 6.23 Å². The highest BCUT2D eigenvalue weighted by Crippen LogP contribution is 2.44. The van der Waals surface area contributed by atoms with Crippen LogP contribution in [0.2, 0.25) is 5.28 Å². The Morgan fingerprint density at radius 1 is 1.25 bits per heavy atom. The van der Waals surface area contributed by atoms with Gasteiger partial charge in [-0.2, -0.15) is 4.98 Å². The van der Waals surface area contributed by atoms with E-state index in [2.05, 4.69) is 20.3 Å². The van der Waals surface area contributed by atoms with Crippen molar-refractivity contribution in [1.29, 1.82) is 0 Å². The molecule has 0 aromatic carbocycles. The largest absolute Gasteiger partial charge is 0.421 e. The van der Waals surface area contributed by atoms with E-state index in [0.29, 0.717) is 17.5 Å². The molecule has 1 unspecified atom stereocenters. The topological polar surface area (TPSA) is 150 Å². The first-order valence-electron chi connectivity index (χ1n) is 11.6. The predicted octanol–water partition coefficient (Wildman–Crippen LogP) is 3.30. The van der Waals surface area contributed by atoms with Crippen LogP contribution in [0.25, 0.3) is 11.0 Å². The summed E-state index contributed by atoms with van der Waals surface area (Å²) in [5, 5.41) is 25.5. The first-order chi connectivity index (χ1) is 17.3. The Labute approximate surface area is 212 Å². The molecule has 4 heterocycles. The second-order valence-electron chi connectivity index (χ2n) is 8.88. The molecule has 12 nitrogen and oxygen atoms in total. The molecule has 1 saturated carbocycles. The summed E-state index contributed by atoms with van der Waals surface area (Å²) < 4.78 is 30.2. The lowest BCUT2D eigenvalue weighted by Gasteiger charge is -2.18. The van der Waals surface area contributed by atoms with Gasteiger partial charge in [0.25, 0.3) is 0 Å². The fourth-order valence-corrected chi connectivity index (χ4v) is 5.42. The van der Waals surface area contributed by atoms with Crippen LogP contribution < -0.4 is 9.84 Å². The van der Waals surface area contributed by atoms with E-state index in [1.54, 1.807) is 29.1 Å². The number of halogens is 1. The van der Waals surface area contributed by atoms with Crippen LogP contribution in [-0.4, -0.2) is 67.4 Å². The summed E-state index contributed by atoms with van der Waals surface area (Å²) in [5.74, 6) is 0.866. The summed E-state index contributed by atoms with van der Waals surface area (Å²) in [4.78, 5) is 17.6. The zero-order chi connectivity index (χ0) is 25.3. The maximum absolute atomic E-state index is 12.5. The summed E-state index contributed by atoms with van der Waals surface area (Å²) in [6.45, 7) is 0.919. The number of nitrogens with one attached hydrogen (secondary N) is 1. The van der Waals surface area contributed by atoms with Gasteiger partial charge < -0.3 is 29.4 Å². The van der Waals surface area contributed by atoms with Crippen LogP contribution >= 0.6 is 19.2 Å². The minimum absolute atomic E-state index is 0.0524. The third-order valence-electron chi connectivity index (χ3n) is 6.18. The molecule has 36 heavy (non-hydrogen) atoms. The van der Waals surface area contributed by atoms with Crippen LogP contribution in [-0.2, 0) is 18.9 Å². The maximum atomic E-state index is 12.5. The summed E-state index contributed by atoms with van der Waals surface area (Å²) in [7, 11) is -3.63. The summed E-state index contributed by atoms with van der Waals surface area (Å²) in [5.41, 5.74) is 0.451. The third-order valence-corrected chi connectivity index (χ3v) is 7.27. The number of rotatable bonds is 9. The second-order valence-corrected chi connectivity index (χ2v) is 11.1. The molecule has 194 valence electrons. The minimum Gasteiger partial charge on any atom is -0.421 e. The lowest BCUT2D eigenvalue weighted by atomic mass is 10.1. The van der Waals surface area contributed by atoms with Crippen molar-refractivity contribution in [3.63, 3.8) is 0 Å². The zero-order valence-corrected chi connectivity index (χ0v) is 21.1. The molecule has 3 aromatic heterocycles. The van der Waals surface area contributed by atoms with Crippen molar-refractivity contribution in [2.45, 2.75) is 56.3 Å². The van der Waals surface area contributed by atoms with Crippen molar-refractivity contribution in [3.8, 4) is 5.75 Å². The molecular weight excluding hydrogens is 513 g/mol. The molecular formula is C22H27ClN5O7P. The smallest absolute Gasteiger partial charge is 0.403 e. The summed E-state index contributed by atoms with van der Waals surface area (Å²) in [6.07, 6.45) is 4.51. The monoisotopic (exact) mass is 539 g/mol. The molecule has 0 radical (unpaired) electrons. The van der Waals surface area contributed by atoms with Crippen LogP contribution in [0.15, 0.2) is 36.8 Å². The molecule has 1 saturated heterocycles. The molecule has 3 N–H and O–H groups in total. The molecule has 5 atom stereocenters. The van der Waals surface area contributed by atoms with Crippen molar-refractivity contribution in [2.24, 2.45) is 0 Å². The molecule has 0 amide bonds. The first-order valence-corrected chi connectivity index (χ1v) is 14.0. The van der Waals surface area contributed by atoms with Gasteiger partial charge in [0.05, 0.1) is 18.2 Å². The first kappa shape index (κ1) is 25.3. The molecule has 0 spiro atoms. The van der Waals surface area contributed by atoms with Gasteiger partial charge in [-0.05, 0) is 42.6 Å². The highest BCUT2D eigenvalue weighted by molar-refractivity contribution is 7.53. The number of aliphatic hydroxyl groups excluding tert-OH is 2. The molecule has 2 fully saturated rings. The Morgan fingerprint density at radius 2 is 2.06 bits per heavy atom. The van der Waals surface area contributed by atoms with Gasteiger partial charge in [-0.1, -0.05) is 12.8 Å². The second kappa shape index (κ2) is 10.6. The molecule has 3 aromatic rings. The summed E-state index contributed by atoms with van der Waals surface area (Å²) in [6, 6.07) is 5.32. The number of pyridine rings is 1. The number of aromatic nitrogens is 4. The quantitative estimate of drug-likeness (QED) is 0.159. The molecule has 2 aliphatic rings. The standard InChI is InChI=1S/C22H27ClN5O7P/c1-36(31,34-14-7-4-9-24-11-14)35-32-12-16-17(29)18(30)21(33-16)28-10-8-15-19(25-13-5-2-3-6-13)26-22(23)27-20(15)28/h4,7-11,13,16-18,21,29-30H,2-3,5-6,12H2,1H3,(H,25,26,27)/t16-,17-,18-,21-,36?/m1/s1. The third kappa shape index (κ3) is 5.50. The van der Waals surface area contributed by atoms with E-state index in [1.165, 1.54) is 12.9 Å². The number of fused-ring (bicyclic) bond motifs is 1. The van der Waals surface area contributed by atoms with Crippen LogP contribution in [0.1, 0.15) is 31.9 Å². The highest BCUT2D eigenvalue weighted by Gasteiger charge is 2.45. The van der Waals surface area contributed by atoms with Gasteiger partial charge in [0, 0.05) is 18.4 Å². The Balaban J connectivity index is 1.26. The van der Waals surface area contributed by atoms with Gasteiger partial charge >= 0.3 is 7.60 Å². The Hall–Kier alpha value is -2.31. The Bertz CT molecular complexity index is 1240. The lowest BCUT2D eigenvalue weighted by molar-refractivity contribution is -0.237. The number of anilines is 1. The van der Waals surface area contributed by atoms with Crippen molar-refractivity contribution >= 4 is 36.0 Å². The van der Waals surface area contributed by atoms with Crippen LogP contribution in [0.4, 0.5) is 5.82 Å². The van der Waals surface area contributed by atoms with Gasteiger partial charge in [-0.25, -0.2) is 14.4 Å². The number of aliphatic hydroxyl groups is 2. The van der Waals surface area contributed by atoms with Crippen molar-refractivity contribution in [3.05, 3.63) is 42.1 Å². The Morgan fingerprint density at radius 3 is 2.81 bits per heavy atom. The van der Waals surface area contributed by atoms with Gasteiger partial charge in [-0.15, -0.1) is 4.67 Å². The fraction of sp³-hybridized carbons (Fsp3) is 0.500. The predicted molar refractivity (Wildman–Crippen MR) is 130 cm³/mol. The number of hydrogen-bond acceptors (Lipinski definition) is 11. The van der Waals surface area contributed by atoms with Crippen molar-refractivity contribution < 1.29 is 33.6 Å². The molecule has 1 aliphatic carbocycles. The van der Waals surface area contributed by atoms with E-state index in [1.807, 2.05) is 6.07 Å². The van der Waals surface area contributed by atoms with E-state index < -0.39 is 32.1 Å². The fourth-order valence-electron chi connectivity index (χ4n) is 4.48. The number of hydrogen-bond donors (Lipinski definition) is 3. The van der Waals surface area contributed by atoms with Gasteiger partial charge in [-0.3, -0.25) is 4.98 Å². The number of nitrogens with zero attached hydrogens (tertiary/aromatic N) is 4. The number of ether oxygens (including phenoxy) is 1. The van der Waals surface area contributed by atoms with E-state index in [0.717, 1.165) is 31.1 Å². The highest BCUT2D eigenvalue weighted by atomic mass is 35.5. The average Bonchev–Trinajstić information content (AvgIpc) is 3.56. The van der Waals surface area contributed by atoms with Crippen molar-refractivity contribution in [1.82, 2.24) is 19.5 Å². The van der Waals surface area contributed by atoms with Crippen molar-refractivity contribution in [2.75, 3.05) is 18.6 Å². The average molecular weight is 540 g/mol. The van der Waals surface area contributed by atoms with Crippen LogP contribution in [0.3, 0.4) is 0 Å². The minimum atomic E-state index is -3.63. The van der Waals surface area contributed by atoms with E-state index in [-0.39, 0.29) is 17.6 Å². The van der Waals surface area contributed by atoms with E-state index >= 15 is 0 Å². The van der Waals surface area contributed by atoms with Gasteiger partial charge in [0.1, 0.15) is 42.1 Å².